The molecule has 3 aromatic carbocycles. The van der Waals surface area contributed by atoms with Crippen molar-refractivity contribution in [2.75, 3.05) is 74.0 Å². The Kier molecular flexibility index (Phi) is 10.5. The van der Waals surface area contributed by atoms with E-state index in [-0.39, 0.29) is 11.8 Å². The highest BCUT2D eigenvalue weighted by Crippen LogP contribution is 2.33. The molecule has 0 atom stereocenters. The van der Waals surface area contributed by atoms with Crippen molar-refractivity contribution in [3.05, 3.63) is 87.4 Å². The lowest BCUT2D eigenvalue weighted by Gasteiger charge is -2.36. The van der Waals surface area contributed by atoms with Gasteiger partial charge in [0, 0.05) is 69.2 Å². The van der Waals surface area contributed by atoms with Gasteiger partial charge in [0.15, 0.2) is 5.78 Å². The Hall–Kier alpha value is -3.26. The van der Waals surface area contributed by atoms with Gasteiger partial charge in [-0.3, -0.25) is 4.79 Å². The number of carbonyl (C=O) groups excluding carboxylic acids is 2. The van der Waals surface area contributed by atoms with Crippen molar-refractivity contribution in [3.63, 3.8) is 0 Å². The maximum atomic E-state index is 13.1. The number of nitrogens with zero attached hydrogens (tertiary/aromatic N) is 4. The first-order valence-corrected chi connectivity index (χ1v) is 17.2. The molecule has 0 aromatic heterocycles. The largest absolute Gasteiger partial charge is 0.372 e. The summed E-state index contributed by atoms with van der Waals surface area (Å²) in [5, 5.41) is 3.88. The lowest BCUT2D eigenvalue weighted by molar-refractivity contribution is 0.0983. The van der Waals surface area contributed by atoms with Crippen LogP contribution in [0.5, 0.6) is 0 Å². The van der Waals surface area contributed by atoms with Crippen LogP contribution in [0.1, 0.15) is 53.6 Å². The third-order valence-electron chi connectivity index (χ3n) is 9.39. The summed E-state index contributed by atoms with van der Waals surface area (Å²) in [6, 6.07) is 20.1. The van der Waals surface area contributed by atoms with Gasteiger partial charge < -0.3 is 24.9 Å². The number of urea groups is 1. The van der Waals surface area contributed by atoms with Crippen molar-refractivity contribution in [1.29, 1.82) is 0 Å². The Bertz CT molecular complexity index is 1450. The number of anilines is 3. The fraction of sp³-hybridized carbons (Fsp3) is 0.444. The van der Waals surface area contributed by atoms with Crippen molar-refractivity contribution in [2.45, 2.75) is 44.9 Å². The van der Waals surface area contributed by atoms with Crippen molar-refractivity contribution in [2.24, 2.45) is 0 Å². The second kappa shape index (κ2) is 14.9. The Balaban J connectivity index is 0.964. The first-order chi connectivity index (χ1) is 21.9. The summed E-state index contributed by atoms with van der Waals surface area (Å²) in [6.45, 7) is 8.10. The molecule has 2 amide bonds. The normalized spacial score (nSPS) is 17.2. The average molecular weight is 649 g/mol. The van der Waals surface area contributed by atoms with E-state index in [9.17, 15) is 9.59 Å². The summed E-state index contributed by atoms with van der Waals surface area (Å²) >= 11 is 13.1. The fourth-order valence-electron chi connectivity index (χ4n) is 6.68. The molecule has 0 spiro atoms. The van der Waals surface area contributed by atoms with Crippen molar-refractivity contribution < 1.29 is 9.59 Å². The maximum Gasteiger partial charge on any atom is 0.322 e. The number of ketones is 1. The molecule has 9 heteroatoms. The summed E-state index contributed by atoms with van der Waals surface area (Å²) in [7, 11) is 0. The maximum absolute atomic E-state index is 13.1. The van der Waals surface area contributed by atoms with E-state index in [2.05, 4.69) is 44.3 Å². The van der Waals surface area contributed by atoms with Gasteiger partial charge in [-0.25, -0.2) is 4.79 Å². The van der Waals surface area contributed by atoms with Gasteiger partial charge in [0.2, 0.25) is 0 Å². The molecular weight excluding hydrogens is 605 g/mol. The minimum Gasteiger partial charge on any atom is -0.372 e. The van der Waals surface area contributed by atoms with Gasteiger partial charge >= 0.3 is 6.03 Å². The van der Waals surface area contributed by atoms with Crippen molar-refractivity contribution >= 4 is 52.1 Å². The Labute approximate surface area is 277 Å². The predicted molar refractivity (Wildman–Crippen MR) is 186 cm³/mol. The van der Waals surface area contributed by atoms with Gasteiger partial charge in [-0.2, -0.15) is 0 Å². The number of aryl methyl sites for hydroxylation is 1. The minimum absolute atomic E-state index is 0.159. The summed E-state index contributed by atoms with van der Waals surface area (Å²) in [6.07, 6.45) is 7.16. The molecule has 0 bridgehead atoms. The molecule has 3 saturated heterocycles. The van der Waals surface area contributed by atoms with Gasteiger partial charge in [-0.05, 0) is 111 Å². The number of benzene rings is 3. The second-order valence-corrected chi connectivity index (χ2v) is 13.3. The zero-order chi connectivity index (χ0) is 31.2. The van der Waals surface area contributed by atoms with E-state index in [1.54, 1.807) is 4.90 Å². The van der Waals surface area contributed by atoms with E-state index < -0.39 is 0 Å². The lowest BCUT2D eigenvalue weighted by atomic mass is 10.0. The molecule has 0 saturated carbocycles. The minimum atomic E-state index is -0.199. The molecule has 238 valence electrons. The Morgan fingerprint density at radius 1 is 0.667 bits per heavy atom. The van der Waals surface area contributed by atoms with Crippen molar-refractivity contribution in [1.82, 2.24) is 9.80 Å². The smallest absolute Gasteiger partial charge is 0.322 e. The van der Waals surface area contributed by atoms with Crippen LogP contribution in [0, 0.1) is 0 Å². The number of carbonyl (C=O) groups is 2. The zero-order valence-electron chi connectivity index (χ0n) is 25.9. The molecule has 0 radical (unpaired) electrons. The van der Waals surface area contributed by atoms with Gasteiger partial charge in [-0.1, -0.05) is 35.3 Å². The molecule has 6 rings (SSSR count). The number of amides is 2. The number of hydrogen-bond donors (Lipinski definition) is 1. The molecule has 3 heterocycles. The van der Waals surface area contributed by atoms with E-state index in [1.165, 1.54) is 36.9 Å². The van der Waals surface area contributed by atoms with E-state index in [0.717, 1.165) is 62.4 Å². The highest BCUT2D eigenvalue weighted by Gasteiger charge is 2.23. The number of piperazine rings is 1. The van der Waals surface area contributed by atoms with E-state index in [4.69, 9.17) is 23.2 Å². The molecule has 7 nitrogen and oxygen atoms in total. The van der Waals surface area contributed by atoms with E-state index in [0.29, 0.717) is 48.3 Å². The van der Waals surface area contributed by atoms with Crippen LogP contribution in [-0.4, -0.2) is 80.5 Å². The summed E-state index contributed by atoms with van der Waals surface area (Å²) in [5.41, 5.74) is 5.82. The highest BCUT2D eigenvalue weighted by atomic mass is 35.5. The van der Waals surface area contributed by atoms with Crippen LogP contribution >= 0.6 is 23.2 Å². The van der Waals surface area contributed by atoms with Crippen molar-refractivity contribution in [3.8, 4) is 0 Å². The van der Waals surface area contributed by atoms with Gasteiger partial charge in [0.1, 0.15) is 0 Å². The van der Waals surface area contributed by atoms with Crippen LogP contribution in [0.15, 0.2) is 60.7 Å². The summed E-state index contributed by atoms with van der Waals surface area (Å²) in [5.74, 6) is 0.159. The Morgan fingerprint density at radius 3 is 2.00 bits per heavy atom. The number of hydrogen-bond acceptors (Lipinski definition) is 5. The van der Waals surface area contributed by atoms with Crippen LogP contribution in [0.25, 0.3) is 0 Å². The first kappa shape index (κ1) is 31.7. The SMILES string of the molecule is O=C(CCc1cccc(N2CCCC2)c1)c1ccc(N2CCN(C(=O)Nc3c(Cl)cc(CCN4CCCC4)cc3Cl)CC2)cc1. The van der Waals surface area contributed by atoms with Gasteiger partial charge in [0.25, 0.3) is 0 Å². The average Bonchev–Trinajstić information content (AvgIpc) is 3.80. The summed E-state index contributed by atoms with van der Waals surface area (Å²) < 4.78 is 0. The Morgan fingerprint density at radius 2 is 1.31 bits per heavy atom. The number of Topliss-reactive ketones (excluding diaryl/α,β-unsaturated/α-hetero) is 1. The second-order valence-electron chi connectivity index (χ2n) is 12.5. The number of rotatable bonds is 10. The van der Waals surface area contributed by atoms with Crippen LogP contribution in [0.3, 0.4) is 0 Å². The third kappa shape index (κ3) is 8.13. The van der Waals surface area contributed by atoms with E-state index >= 15 is 0 Å². The summed E-state index contributed by atoms with van der Waals surface area (Å²) in [4.78, 5) is 35.0. The highest BCUT2D eigenvalue weighted by molar-refractivity contribution is 6.39. The molecule has 1 N–H and O–H groups in total. The lowest BCUT2D eigenvalue weighted by Crippen LogP contribution is -2.50. The van der Waals surface area contributed by atoms with Crippen LogP contribution < -0.4 is 15.1 Å². The van der Waals surface area contributed by atoms with Crippen LogP contribution in [-0.2, 0) is 12.8 Å². The number of nitrogens with one attached hydrogen (secondary N) is 1. The number of halogens is 2. The van der Waals surface area contributed by atoms with Gasteiger partial charge in [0.05, 0.1) is 15.7 Å². The first-order valence-electron chi connectivity index (χ1n) is 16.4. The number of likely N-dealkylation sites (tertiary alicyclic amines) is 1. The standard InChI is InChI=1S/C36H43Cl2N5O2/c37-32-25-28(14-19-40-15-1-2-16-40)26-33(38)35(32)39-36(45)43-22-20-42(21-23-43)30-11-9-29(10-12-30)34(44)13-8-27-6-5-7-31(24-27)41-17-3-4-18-41/h5-7,9-12,24-26H,1-4,8,13-23H2,(H,39,45). The molecule has 3 aliphatic rings. The monoisotopic (exact) mass is 647 g/mol. The topological polar surface area (TPSA) is 59.1 Å². The molecule has 0 aliphatic carbocycles. The van der Waals surface area contributed by atoms with Gasteiger partial charge in [-0.15, -0.1) is 0 Å². The zero-order valence-corrected chi connectivity index (χ0v) is 27.5. The molecule has 3 aliphatic heterocycles. The quantitative estimate of drug-likeness (QED) is 0.232. The fourth-order valence-corrected chi connectivity index (χ4v) is 7.31. The molecule has 0 unspecified atom stereocenters. The van der Waals surface area contributed by atoms with E-state index in [1.807, 2.05) is 36.4 Å². The van der Waals surface area contributed by atoms with Crippen LogP contribution in [0.2, 0.25) is 10.0 Å². The molecule has 3 fully saturated rings. The molecule has 3 aromatic rings. The molecular formula is C36H43Cl2N5O2. The third-order valence-corrected chi connectivity index (χ3v) is 9.99. The predicted octanol–water partition coefficient (Wildman–Crippen LogP) is 7.40. The van der Waals surface area contributed by atoms with Crippen LogP contribution in [0.4, 0.5) is 21.9 Å². The molecule has 45 heavy (non-hydrogen) atoms.